The number of nitrogen functional groups attached to an aromatic ring is 1. The molecule has 0 unspecified atom stereocenters. The second kappa shape index (κ2) is 5.35. The molecule has 6 heteroatoms. The molecule has 2 N–H and O–H groups in total. The summed E-state index contributed by atoms with van der Waals surface area (Å²) in [6, 6.07) is 5.68. The maximum Gasteiger partial charge on any atom is 0.185 e. The lowest BCUT2D eigenvalue weighted by Crippen LogP contribution is -2.31. The summed E-state index contributed by atoms with van der Waals surface area (Å²) in [7, 11) is 0. The fourth-order valence-electron chi connectivity index (χ4n) is 2.84. The number of hydrogen-bond acceptors (Lipinski definition) is 5. The molecule has 0 atom stereocenters. The number of rotatable bonds is 5. The van der Waals surface area contributed by atoms with Gasteiger partial charge < -0.3 is 10.5 Å². The Balaban J connectivity index is 1.98. The van der Waals surface area contributed by atoms with Crippen LogP contribution >= 0.6 is 0 Å². The molecule has 1 heterocycles. The Bertz CT molecular complexity index is 633. The van der Waals surface area contributed by atoms with Gasteiger partial charge in [-0.25, -0.2) is 4.68 Å². The first-order valence-electron chi connectivity index (χ1n) is 7.41. The Labute approximate surface area is 124 Å². The van der Waals surface area contributed by atoms with Crippen LogP contribution in [-0.2, 0) is 6.54 Å². The van der Waals surface area contributed by atoms with E-state index in [9.17, 15) is 0 Å². The molecule has 1 saturated carbocycles. The van der Waals surface area contributed by atoms with Crippen molar-refractivity contribution in [2.75, 3.05) is 12.3 Å². The Morgan fingerprint density at radius 3 is 2.86 bits per heavy atom. The highest BCUT2D eigenvalue weighted by atomic mass is 16.5. The van der Waals surface area contributed by atoms with Crippen LogP contribution in [0.25, 0.3) is 11.4 Å². The first-order valence-corrected chi connectivity index (χ1v) is 7.41. The number of aromatic nitrogens is 4. The summed E-state index contributed by atoms with van der Waals surface area (Å²) >= 11 is 0. The van der Waals surface area contributed by atoms with Gasteiger partial charge in [-0.3, -0.25) is 0 Å². The third-order valence-electron chi connectivity index (χ3n) is 4.20. The maximum atomic E-state index is 6.03. The van der Waals surface area contributed by atoms with E-state index in [1.807, 2.05) is 29.8 Å². The molecular weight excluding hydrogens is 266 g/mol. The summed E-state index contributed by atoms with van der Waals surface area (Å²) < 4.78 is 7.55. The van der Waals surface area contributed by atoms with Crippen molar-refractivity contribution in [1.82, 2.24) is 20.2 Å². The Kier molecular flexibility index (Phi) is 3.53. The molecule has 0 spiro atoms. The van der Waals surface area contributed by atoms with E-state index in [-0.39, 0.29) is 0 Å². The fraction of sp³-hybridized carbons (Fsp3) is 0.533. The summed E-state index contributed by atoms with van der Waals surface area (Å²) in [6.07, 6.45) is 3.74. The number of hydrogen-bond donors (Lipinski definition) is 1. The summed E-state index contributed by atoms with van der Waals surface area (Å²) in [6.45, 7) is 5.61. The quantitative estimate of drug-likeness (QED) is 0.855. The molecule has 6 nitrogen and oxygen atoms in total. The van der Waals surface area contributed by atoms with Crippen molar-refractivity contribution >= 4 is 5.69 Å². The van der Waals surface area contributed by atoms with Gasteiger partial charge in [-0.2, -0.15) is 0 Å². The van der Waals surface area contributed by atoms with Crippen LogP contribution < -0.4 is 10.5 Å². The van der Waals surface area contributed by atoms with Gasteiger partial charge in [0.2, 0.25) is 0 Å². The van der Waals surface area contributed by atoms with Crippen molar-refractivity contribution in [2.24, 2.45) is 5.41 Å². The lowest BCUT2D eigenvalue weighted by Gasteiger charge is -2.38. The monoisotopic (exact) mass is 287 g/mol. The lowest BCUT2D eigenvalue weighted by atomic mass is 9.70. The number of nitrogens with zero attached hydrogens (tertiary/aromatic N) is 4. The Morgan fingerprint density at radius 2 is 2.19 bits per heavy atom. The Morgan fingerprint density at radius 1 is 1.38 bits per heavy atom. The van der Waals surface area contributed by atoms with Gasteiger partial charge in [0.05, 0.1) is 24.4 Å². The minimum absolute atomic E-state index is 0.302. The van der Waals surface area contributed by atoms with Crippen molar-refractivity contribution < 1.29 is 4.74 Å². The van der Waals surface area contributed by atoms with Gasteiger partial charge in [-0.1, -0.05) is 19.4 Å². The zero-order valence-corrected chi connectivity index (χ0v) is 12.5. The average molecular weight is 287 g/mol. The van der Waals surface area contributed by atoms with Gasteiger partial charge in [0.25, 0.3) is 0 Å². The second-order valence-corrected chi connectivity index (χ2v) is 5.98. The molecule has 1 aromatic heterocycles. The largest absolute Gasteiger partial charge is 0.491 e. The lowest BCUT2D eigenvalue weighted by molar-refractivity contribution is 0.126. The molecule has 1 aromatic carbocycles. The predicted octanol–water partition coefficient (Wildman–Crippen LogP) is 2.51. The zero-order valence-electron chi connectivity index (χ0n) is 12.5. The third-order valence-corrected chi connectivity index (χ3v) is 4.20. The van der Waals surface area contributed by atoms with E-state index in [4.69, 9.17) is 10.5 Å². The fourth-order valence-corrected chi connectivity index (χ4v) is 2.84. The SMILES string of the molecule is CCOc1c(N)cccc1-c1nnnn1CC1(C)CCC1. The smallest absolute Gasteiger partial charge is 0.185 e. The van der Waals surface area contributed by atoms with E-state index in [0.29, 0.717) is 23.5 Å². The van der Waals surface area contributed by atoms with Gasteiger partial charge in [0, 0.05) is 0 Å². The molecule has 112 valence electrons. The van der Waals surface area contributed by atoms with Crippen LogP contribution in [0.2, 0.25) is 0 Å². The van der Waals surface area contributed by atoms with Crippen LogP contribution in [0, 0.1) is 5.41 Å². The molecule has 1 aliphatic carbocycles. The van der Waals surface area contributed by atoms with Gasteiger partial charge in [0.1, 0.15) is 0 Å². The molecule has 3 rings (SSSR count). The van der Waals surface area contributed by atoms with E-state index in [1.165, 1.54) is 19.3 Å². The second-order valence-electron chi connectivity index (χ2n) is 5.98. The first kappa shape index (κ1) is 13.9. The van der Waals surface area contributed by atoms with Crippen LogP contribution in [0.4, 0.5) is 5.69 Å². The van der Waals surface area contributed by atoms with Crippen molar-refractivity contribution in [3.05, 3.63) is 18.2 Å². The predicted molar refractivity (Wildman–Crippen MR) is 80.8 cm³/mol. The molecule has 21 heavy (non-hydrogen) atoms. The highest BCUT2D eigenvalue weighted by Crippen LogP contribution is 2.42. The van der Waals surface area contributed by atoms with E-state index in [1.54, 1.807) is 0 Å². The topological polar surface area (TPSA) is 78.8 Å². The summed E-state index contributed by atoms with van der Waals surface area (Å²) in [4.78, 5) is 0. The minimum Gasteiger partial charge on any atom is -0.491 e. The van der Waals surface area contributed by atoms with Crippen LogP contribution in [-0.4, -0.2) is 26.8 Å². The van der Waals surface area contributed by atoms with E-state index in [0.717, 1.165) is 17.9 Å². The van der Waals surface area contributed by atoms with Gasteiger partial charge in [-0.15, -0.1) is 5.10 Å². The number of benzene rings is 1. The van der Waals surface area contributed by atoms with E-state index in [2.05, 4.69) is 22.4 Å². The molecule has 0 saturated heterocycles. The van der Waals surface area contributed by atoms with Crippen LogP contribution in [0.5, 0.6) is 5.75 Å². The van der Waals surface area contributed by atoms with Crippen LogP contribution in [0.3, 0.4) is 0 Å². The third kappa shape index (κ3) is 2.57. The Hall–Kier alpha value is -2.11. The number of para-hydroxylation sites is 1. The van der Waals surface area contributed by atoms with E-state index < -0.39 is 0 Å². The summed E-state index contributed by atoms with van der Waals surface area (Å²) in [5.74, 6) is 1.38. The number of anilines is 1. The van der Waals surface area contributed by atoms with Gasteiger partial charge >= 0.3 is 0 Å². The summed E-state index contributed by atoms with van der Waals surface area (Å²) in [5, 5.41) is 12.2. The van der Waals surface area contributed by atoms with Crippen molar-refractivity contribution in [2.45, 2.75) is 39.7 Å². The molecule has 0 amide bonds. The number of ether oxygens (including phenoxy) is 1. The van der Waals surface area contributed by atoms with Gasteiger partial charge in [-0.05, 0) is 47.7 Å². The van der Waals surface area contributed by atoms with Crippen molar-refractivity contribution in [3.8, 4) is 17.1 Å². The molecule has 1 fully saturated rings. The van der Waals surface area contributed by atoms with Crippen molar-refractivity contribution in [1.29, 1.82) is 0 Å². The van der Waals surface area contributed by atoms with E-state index >= 15 is 0 Å². The molecule has 1 aliphatic rings. The molecule has 2 aromatic rings. The van der Waals surface area contributed by atoms with Crippen LogP contribution in [0.1, 0.15) is 33.1 Å². The standard InChI is InChI=1S/C15H21N5O/c1-3-21-13-11(6-4-7-12(13)16)14-17-18-19-20(14)10-15(2)8-5-9-15/h4,6-7H,3,5,8-10,16H2,1-2H3. The van der Waals surface area contributed by atoms with Crippen LogP contribution in [0.15, 0.2) is 18.2 Å². The highest BCUT2D eigenvalue weighted by molar-refractivity contribution is 5.73. The molecule has 0 bridgehead atoms. The van der Waals surface area contributed by atoms with Crippen molar-refractivity contribution in [3.63, 3.8) is 0 Å². The number of nitrogens with two attached hydrogens (primary N) is 1. The summed E-state index contributed by atoms with van der Waals surface area (Å²) in [5.41, 5.74) is 7.79. The zero-order chi connectivity index (χ0) is 14.9. The van der Waals surface area contributed by atoms with Gasteiger partial charge in [0.15, 0.2) is 11.6 Å². The molecule has 0 radical (unpaired) electrons. The highest BCUT2D eigenvalue weighted by Gasteiger charge is 2.33. The number of tetrazole rings is 1. The minimum atomic E-state index is 0.302. The molecule has 0 aliphatic heterocycles. The average Bonchev–Trinajstić information content (AvgIpc) is 2.87. The molecular formula is C15H21N5O. The first-order chi connectivity index (χ1) is 10.1. The maximum absolute atomic E-state index is 6.03. The normalized spacial score (nSPS) is 16.5.